The Morgan fingerprint density at radius 1 is 1.38 bits per heavy atom. The van der Waals surface area contributed by atoms with Crippen molar-refractivity contribution in [3.05, 3.63) is 27.7 Å². The standard InChI is InChI=1S/C13H17Cl2NO3S2/c1-9-5-12(11(15)6-10(9)14)21(17,18)16-7-13(19-2)3-4-20-8-13/h5-6,16H,3-4,7-8H2,1-2H3. The molecule has 0 spiro atoms. The lowest BCUT2D eigenvalue weighted by Crippen LogP contribution is -2.44. The van der Waals surface area contributed by atoms with E-state index in [0.29, 0.717) is 10.6 Å². The number of rotatable bonds is 5. The van der Waals surface area contributed by atoms with Gasteiger partial charge in [0.15, 0.2) is 0 Å². The number of hydrogen-bond acceptors (Lipinski definition) is 4. The first-order valence-corrected chi connectivity index (χ1v) is 9.77. The molecule has 21 heavy (non-hydrogen) atoms. The Hall–Kier alpha value is 0.0200. The number of aryl methyl sites for hydroxylation is 1. The van der Waals surface area contributed by atoms with Gasteiger partial charge in [-0.05, 0) is 36.8 Å². The average Bonchev–Trinajstić information content (AvgIpc) is 2.90. The lowest BCUT2D eigenvalue weighted by Gasteiger charge is -2.26. The molecule has 0 radical (unpaired) electrons. The third-order valence-corrected chi connectivity index (χ3v) is 7.08. The fourth-order valence-electron chi connectivity index (χ4n) is 2.10. The summed E-state index contributed by atoms with van der Waals surface area (Å²) in [6, 6.07) is 2.93. The lowest BCUT2D eigenvalue weighted by atomic mass is 10.0. The number of methoxy groups -OCH3 is 1. The predicted molar refractivity (Wildman–Crippen MR) is 88.1 cm³/mol. The van der Waals surface area contributed by atoms with Gasteiger partial charge < -0.3 is 4.74 Å². The first kappa shape index (κ1) is 17.4. The molecular formula is C13H17Cl2NO3S2. The van der Waals surface area contributed by atoms with Crippen LogP contribution in [-0.4, -0.2) is 39.2 Å². The fraction of sp³-hybridized carbons (Fsp3) is 0.538. The van der Waals surface area contributed by atoms with Crippen LogP contribution in [0.25, 0.3) is 0 Å². The zero-order valence-electron chi connectivity index (χ0n) is 11.8. The third-order valence-electron chi connectivity index (χ3n) is 3.59. The predicted octanol–water partition coefficient (Wildman–Crippen LogP) is 3.10. The van der Waals surface area contributed by atoms with Gasteiger partial charge in [-0.2, -0.15) is 11.8 Å². The van der Waals surface area contributed by atoms with E-state index in [9.17, 15) is 8.42 Å². The van der Waals surface area contributed by atoms with E-state index in [0.717, 1.165) is 17.9 Å². The summed E-state index contributed by atoms with van der Waals surface area (Å²) < 4.78 is 33.0. The minimum atomic E-state index is -3.70. The van der Waals surface area contributed by atoms with Crippen LogP contribution in [0.2, 0.25) is 10.0 Å². The van der Waals surface area contributed by atoms with E-state index in [4.69, 9.17) is 27.9 Å². The highest BCUT2D eigenvalue weighted by molar-refractivity contribution is 7.99. The number of hydrogen-bond donors (Lipinski definition) is 1. The molecule has 1 atom stereocenters. The Labute approximate surface area is 139 Å². The summed E-state index contributed by atoms with van der Waals surface area (Å²) in [7, 11) is -2.09. The second kappa shape index (κ2) is 6.64. The zero-order chi connectivity index (χ0) is 15.7. The first-order valence-electron chi connectivity index (χ1n) is 6.38. The normalized spacial score (nSPS) is 22.7. The molecule has 1 aliphatic rings. The van der Waals surface area contributed by atoms with Crippen molar-refractivity contribution in [2.75, 3.05) is 25.2 Å². The molecule has 0 aliphatic carbocycles. The number of thioether (sulfide) groups is 1. The van der Waals surface area contributed by atoms with E-state index in [1.165, 1.54) is 12.1 Å². The van der Waals surface area contributed by atoms with E-state index < -0.39 is 15.6 Å². The number of benzene rings is 1. The summed E-state index contributed by atoms with van der Waals surface area (Å²) in [5, 5.41) is 0.560. The summed E-state index contributed by atoms with van der Waals surface area (Å²) in [4.78, 5) is 0.0444. The largest absolute Gasteiger partial charge is 0.376 e. The maximum absolute atomic E-state index is 12.4. The Bertz CT molecular complexity index is 629. The highest BCUT2D eigenvalue weighted by Crippen LogP contribution is 2.32. The highest BCUT2D eigenvalue weighted by Gasteiger charge is 2.36. The monoisotopic (exact) mass is 369 g/mol. The van der Waals surface area contributed by atoms with Crippen molar-refractivity contribution in [1.29, 1.82) is 0 Å². The Kier molecular flexibility index (Phi) is 5.50. The molecule has 8 heteroatoms. The van der Waals surface area contributed by atoms with Gasteiger partial charge in [0.05, 0.1) is 10.6 Å². The Morgan fingerprint density at radius 3 is 2.67 bits per heavy atom. The van der Waals surface area contributed by atoms with Gasteiger partial charge in [0, 0.05) is 24.4 Å². The van der Waals surface area contributed by atoms with Crippen LogP contribution in [0.1, 0.15) is 12.0 Å². The molecule has 1 unspecified atom stereocenters. The molecule has 4 nitrogen and oxygen atoms in total. The van der Waals surface area contributed by atoms with Gasteiger partial charge in [-0.1, -0.05) is 23.2 Å². The summed E-state index contributed by atoms with van der Waals surface area (Å²) >= 11 is 13.7. The average molecular weight is 370 g/mol. The van der Waals surface area contributed by atoms with Crippen molar-refractivity contribution in [2.45, 2.75) is 23.8 Å². The molecule has 0 bridgehead atoms. The molecule has 1 heterocycles. The molecule has 1 N–H and O–H groups in total. The summed E-state index contributed by atoms with van der Waals surface area (Å²) in [6.07, 6.45) is 0.823. The van der Waals surface area contributed by atoms with E-state index in [1.54, 1.807) is 25.8 Å². The van der Waals surface area contributed by atoms with Crippen LogP contribution in [0.3, 0.4) is 0 Å². The van der Waals surface area contributed by atoms with E-state index >= 15 is 0 Å². The Balaban J connectivity index is 2.21. The maximum atomic E-state index is 12.4. The molecule has 2 rings (SSSR count). The number of sulfonamides is 1. The zero-order valence-corrected chi connectivity index (χ0v) is 14.9. The third kappa shape index (κ3) is 3.86. The van der Waals surface area contributed by atoms with Crippen molar-refractivity contribution < 1.29 is 13.2 Å². The summed E-state index contributed by atoms with van der Waals surface area (Å²) in [5.41, 5.74) is 0.227. The molecule has 0 aromatic heterocycles. The van der Waals surface area contributed by atoms with Gasteiger partial charge >= 0.3 is 0 Å². The van der Waals surface area contributed by atoms with Crippen LogP contribution in [0.15, 0.2) is 17.0 Å². The number of ether oxygens (including phenoxy) is 1. The molecular weight excluding hydrogens is 353 g/mol. The minimum Gasteiger partial charge on any atom is -0.376 e. The van der Waals surface area contributed by atoms with Crippen molar-refractivity contribution in [2.24, 2.45) is 0 Å². The Morgan fingerprint density at radius 2 is 2.10 bits per heavy atom. The second-order valence-corrected chi connectivity index (χ2v) is 8.70. The van der Waals surface area contributed by atoms with Crippen molar-refractivity contribution in [3.8, 4) is 0 Å². The van der Waals surface area contributed by atoms with Crippen molar-refractivity contribution >= 4 is 45.0 Å². The molecule has 0 amide bonds. The van der Waals surface area contributed by atoms with Crippen LogP contribution in [0, 0.1) is 6.92 Å². The molecule has 0 saturated carbocycles. The van der Waals surface area contributed by atoms with Crippen LogP contribution in [0.5, 0.6) is 0 Å². The summed E-state index contributed by atoms with van der Waals surface area (Å²) in [6.45, 7) is 1.97. The molecule has 1 aromatic carbocycles. The first-order chi connectivity index (χ1) is 9.80. The number of nitrogens with one attached hydrogen (secondary N) is 1. The maximum Gasteiger partial charge on any atom is 0.242 e. The molecule has 1 saturated heterocycles. The molecule has 1 fully saturated rings. The van der Waals surface area contributed by atoms with Gasteiger partial charge in [-0.15, -0.1) is 0 Å². The van der Waals surface area contributed by atoms with E-state index in [2.05, 4.69) is 4.72 Å². The van der Waals surface area contributed by atoms with Crippen molar-refractivity contribution in [1.82, 2.24) is 4.72 Å². The van der Waals surface area contributed by atoms with E-state index in [-0.39, 0.29) is 16.5 Å². The smallest absolute Gasteiger partial charge is 0.242 e. The highest BCUT2D eigenvalue weighted by atomic mass is 35.5. The van der Waals surface area contributed by atoms with Gasteiger partial charge in [0.2, 0.25) is 10.0 Å². The second-order valence-electron chi connectivity index (χ2n) is 5.05. The van der Waals surface area contributed by atoms with Crippen LogP contribution in [-0.2, 0) is 14.8 Å². The topological polar surface area (TPSA) is 55.4 Å². The van der Waals surface area contributed by atoms with Gasteiger partial charge in [-0.3, -0.25) is 0 Å². The lowest BCUT2D eigenvalue weighted by molar-refractivity contribution is 0.0179. The van der Waals surface area contributed by atoms with E-state index in [1.807, 2.05) is 0 Å². The molecule has 1 aliphatic heterocycles. The minimum absolute atomic E-state index is 0.0444. The summed E-state index contributed by atoms with van der Waals surface area (Å²) in [5.74, 6) is 1.75. The van der Waals surface area contributed by atoms with Gasteiger partial charge in [0.25, 0.3) is 0 Å². The van der Waals surface area contributed by atoms with Gasteiger partial charge in [0.1, 0.15) is 4.90 Å². The SMILES string of the molecule is COC1(CNS(=O)(=O)c2cc(C)c(Cl)cc2Cl)CCSC1. The van der Waals surface area contributed by atoms with Crippen LogP contribution >= 0.6 is 35.0 Å². The van der Waals surface area contributed by atoms with Crippen molar-refractivity contribution in [3.63, 3.8) is 0 Å². The molecule has 1 aromatic rings. The van der Waals surface area contributed by atoms with Gasteiger partial charge in [-0.25, -0.2) is 13.1 Å². The quantitative estimate of drug-likeness (QED) is 0.866. The number of halogens is 2. The molecule has 118 valence electrons. The van der Waals surface area contributed by atoms with Crippen LogP contribution in [0.4, 0.5) is 0 Å². The van der Waals surface area contributed by atoms with Crippen LogP contribution < -0.4 is 4.72 Å². The fourth-order valence-corrected chi connectivity index (χ4v) is 5.44.